The Morgan fingerprint density at radius 3 is 3.08 bits per heavy atom. The highest BCUT2D eigenvalue weighted by Crippen LogP contribution is 2.35. The zero-order valence-corrected chi connectivity index (χ0v) is 8.42. The van der Waals surface area contributed by atoms with E-state index in [1.54, 1.807) is 6.20 Å². The fourth-order valence-electron chi connectivity index (χ4n) is 1.60. The summed E-state index contributed by atoms with van der Waals surface area (Å²) in [5.74, 6) is 0.591. The standard InChI is InChI=1S/C10H13NOS/c1-8-2-5-10(12,6-3-8)9-4-7-11-13-9/h2,4-5,7-8,12H,3,6H2,1H3. The second-order valence-corrected chi connectivity index (χ2v) is 4.51. The van der Waals surface area contributed by atoms with Gasteiger partial charge in [0.25, 0.3) is 0 Å². The van der Waals surface area contributed by atoms with Gasteiger partial charge >= 0.3 is 0 Å². The van der Waals surface area contributed by atoms with E-state index in [2.05, 4.69) is 17.4 Å². The average molecular weight is 195 g/mol. The number of allylic oxidation sites excluding steroid dienone is 1. The minimum absolute atomic E-state index is 0.591. The van der Waals surface area contributed by atoms with Crippen LogP contribution in [0.4, 0.5) is 0 Å². The zero-order chi connectivity index (χ0) is 9.31. The highest BCUT2D eigenvalue weighted by molar-refractivity contribution is 7.05. The van der Waals surface area contributed by atoms with Crippen LogP contribution in [0.2, 0.25) is 0 Å². The Morgan fingerprint density at radius 2 is 2.54 bits per heavy atom. The molecule has 0 spiro atoms. The molecule has 2 unspecified atom stereocenters. The van der Waals surface area contributed by atoms with Gasteiger partial charge < -0.3 is 5.11 Å². The molecule has 0 aromatic carbocycles. The molecule has 3 heteroatoms. The Bertz CT molecular complexity index is 307. The molecule has 1 aromatic rings. The highest BCUT2D eigenvalue weighted by atomic mass is 32.1. The SMILES string of the molecule is CC1C=CC(O)(c2ccns2)CC1. The normalized spacial score (nSPS) is 33.5. The number of aromatic nitrogens is 1. The Hall–Kier alpha value is -0.670. The summed E-state index contributed by atoms with van der Waals surface area (Å²) in [7, 11) is 0. The van der Waals surface area contributed by atoms with E-state index in [1.807, 2.05) is 12.1 Å². The monoisotopic (exact) mass is 195 g/mol. The van der Waals surface area contributed by atoms with Crippen molar-refractivity contribution >= 4 is 11.5 Å². The molecule has 70 valence electrons. The topological polar surface area (TPSA) is 33.1 Å². The molecular weight excluding hydrogens is 182 g/mol. The Balaban J connectivity index is 2.27. The third-order valence-electron chi connectivity index (χ3n) is 2.55. The van der Waals surface area contributed by atoms with Crippen LogP contribution < -0.4 is 0 Å². The van der Waals surface area contributed by atoms with Gasteiger partial charge in [-0.15, -0.1) is 0 Å². The molecule has 1 aromatic heterocycles. The van der Waals surface area contributed by atoms with Gasteiger partial charge in [-0.05, 0) is 36.4 Å². The first kappa shape index (κ1) is 8.91. The van der Waals surface area contributed by atoms with Gasteiger partial charge in [-0.25, -0.2) is 4.37 Å². The number of rotatable bonds is 1. The van der Waals surface area contributed by atoms with Gasteiger partial charge in [0.2, 0.25) is 0 Å². The quantitative estimate of drug-likeness (QED) is 0.698. The lowest BCUT2D eigenvalue weighted by atomic mass is 9.85. The van der Waals surface area contributed by atoms with Crippen LogP contribution in [-0.2, 0) is 5.60 Å². The van der Waals surface area contributed by atoms with Crippen molar-refractivity contribution in [3.63, 3.8) is 0 Å². The van der Waals surface area contributed by atoms with E-state index in [4.69, 9.17) is 0 Å². The van der Waals surface area contributed by atoms with Crippen molar-refractivity contribution < 1.29 is 5.11 Å². The minimum atomic E-state index is -0.742. The number of hydrogen-bond acceptors (Lipinski definition) is 3. The van der Waals surface area contributed by atoms with Crippen molar-refractivity contribution in [3.05, 3.63) is 29.3 Å². The van der Waals surface area contributed by atoms with Crippen molar-refractivity contribution in [2.45, 2.75) is 25.4 Å². The molecule has 0 fully saturated rings. The number of aliphatic hydroxyl groups is 1. The summed E-state index contributed by atoms with van der Waals surface area (Å²) in [4.78, 5) is 0.954. The van der Waals surface area contributed by atoms with Crippen LogP contribution in [0.1, 0.15) is 24.6 Å². The third-order valence-corrected chi connectivity index (χ3v) is 3.46. The van der Waals surface area contributed by atoms with Crippen LogP contribution >= 0.6 is 11.5 Å². The molecule has 0 amide bonds. The van der Waals surface area contributed by atoms with Gasteiger partial charge in [0.15, 0.2) is 0 Å². The Morgan fingerprint density at radius 1 is 1.69 bits per heavy atom. The van der Waals surface area contributed by atoms with E-state index in [1.165, 1.54) is 11.5 Å². The molecular formula is C10H13NOS. The van der Waals surface area contributed by atoms with Crippen LogP contribution in [-0.4, -0.2) is 9.48 Å². The zero-order valence-electron chi connectivity index (χ0n) is 7.60. The summed E-state index contributed by atoms with van der Waals surface area (Å²) in [6.45, 7) is 2.17. The molecule has 0 radical (unpaired) electrons. The lowest BCUT2D eigenvalue weighted by Gasteiger charge is -2.28. The van der Waals surface area contributed by atoms with E-state index in [0.29, 0.717) is 5.92 Å². The predicted molar refractivity (Wildman–Crippen MR) is 53.5 cm³/mol. The molecule has 1 aliphatic carbocycles. The molecule has 2 nitrogen and oxygen atoms in total. The van der Waals surface area contributed by atoms with Crippen LogP contribution in [0.15, 0.2) is 24.4 Å². The summed E-state index contributed by atoms with van der Waals surface area (Å²) in [5, 5.41) is 10.2. The second-order valence-electron chi connectivity index (χ2n) is 3.68. The lowest BCUT2D eigenvalue weighted by Crippen LogP contribution is -2.25. The van der Waals surface area contributed by atoms with Crippen LogP contribution in [0.25, 0.3) is 0 Å². The molecule has 1 aliphatic rings. The first-order valence-electron chi connectivity index (χ1n) is 4.54. The Labute approximate surface area is 82.1 Å². The van der Waals surface area contributed by atoms with E-state index in [-0.39, 0.29) is 0 Å². The van der Waals surface area contributed by atoms with E-state index >= 15 is 0 Å². The maximum absolute atomic E-state index is 10.2. The number of nitrogens with zero attached hydrogens (tertiary/aromatic N) is 1. The van der Waals surface area contributed by atoms with E-state index in [9.17, 15) is 5.11 Å². The lowest BCUT2D eigenvalue weighted by molar-refractivity contribution is 0.0710. The minimum Gasteiger partial charge on any atom is -0.380 e. The maximum atomic E-state index is 10.2. The summed E-state index contributed by atoms with van der Waals surface area (Å²) >= 11 is 1.38. The summed E-state index contributed by atoms with van der Waals surface area (Å²) in [5.41, 5.74) is -0.742. The molecule has 2 rings (SSSR count). The van der Waals surface area contributed by atoms with Gasteiger partial charge in [0.1, 0.15) is 5.60 Å². The van der Waals surface area contributed by atoms with E-state index < -0.39 is 5.60 Å². The van der Waals surface area contributed by atoms with Crippen LogP contribution in [0.5, 0.6) is 0 Å². The van der Waals surface area contributed by atoms with Crippen molar-refractivity contribution in [2.75, 3.05) is 0 Å². The Kier molecular flexibility index (Phi) is 2.22. The summed E-state index contributed by atoms with van der Waals surface area (Å²) in [6.07, 6.45) is 7.60. The molecule has 1 heterocycles. The van der Waals surface area contributed by atoms with Crippen molar-refractivity contribution in [3.8, 4) is 0 Å². The average Bonchev–Trinajstić information content (AvgIpc) is 2.63. The molecule has 1 N–H and O–H groups in total. The summed E-state index contributed by atoms with van der Waals surface area (Å²) in [6, 6.07) is 1.89. The fraction of sp³-hybridized carbons (Fsp3) is 0.500. The van der Waals surface area contributed by atoms with Gasteiger partial charge in [-0.2, -0.15) is 0 Å². The van der Waals surface area contributed by atoms with Crippen molar-refractivity contribution in [1.29, 1.82) is 0 Å². The first-order valence-corrected chi connectivity index (χ1v) is 5.31. The van der Waals surface area contributed by atoms with Gasteiger partial charge in [0, 0.05) is 6.20 Å². The molecule has 0 saturated heterocycles. The number of hydrogen-bond donors (Lipinski definition) is 1. The first-order chi connectivity index (χ1) is 6.21. The largest absolute Gasteiger partial charge is 0.380 e. The van der Waals surface area contributed by atoms with Crippen LogP contribution in [0, 0.1) is 5.92 Å². The smallest absolute Gasteiger partial charge is 0.118 e. The van der Waals surface area contributed by atoms with Gasteiger partial charge in [-0.1, -0.05) is 19.1 Å². The fourth-order valence-corrected chi connectivity index (χ4v) is 2.28. The predicted octanol–water partition coefficient (Wildman–Crippen LogP) is 2.32. The van der Waals surface area contributed by atoms with Crippen molar-refractivity contribution in [1.82, 2.24) is 4.37 Å². The molecule has 0 saturated carbocycles. The maximum Gasteiger partial charge on any atom is 0.118 e. The highest BCUT2D eigenvalue weighted by Gasteiger charge is 2.30. The third kappa shape index (κ3) is 1.67. The van der Waals surface area contributed by atoms with E-state index in [0.717, 1.165) is 17.7 Å². The van der Waals surface area contributed by atoms with Crippen molar-refractivity contribution in [2.24, 2.45) is 5.92 Å². The molecule has 2 atom stereocenters. The molecule has 0 aliphatic heterocycles. The summed E-state index contributed by atoms with van der Waals surface area (Å²) < 4.78 is 4.01. The van der Waals surface area contributed by atoms with Gasteiger partial charge in [0.05, 0.1) is 4.88 Å². The molecule has 13 heavy (non-hydrogen) atoms. The van der Waals surface area contributed by atoms with Gasteiger partial charge in [-0.3, -0.25) is 0 Å². The van der Waals surface area contributed by atoms with Crippen LogP contribution in [0.3, 0.4) is 0 Å². The molecule has 0 bridgehead atoms. The second kappa shape index (κ2) is 3.24.